The van der Waals surface area contributed by atoms with Crippen molar-refractivity contribution in [1.29, 1.82) is 0 Å². The summed E-state index contributed by atoms with van der Waals surface area (Å²) < 4.78 is 10.5. The Kier molecular flexibility index (Phi) is 9.22. The van der Waals surface area contributed by atoms with Crippen molar-refractivity contribution >= 4 is 17.7 Å². The molecule has 0 aliphatic carbocycles. The molecule has 1 unspecified atom stereocenters. The maximum Gasteiger partial charge on any atom is 0.233 e. The molecule has 27 heavy (non-hydrogen) atoms. The average Bonchev–Trinajstić information content (AvgIpc) is 2.68. The smallest absolute Gasteiger partial charge is 0.233 e. The number of thioether (sulfide) groups is 1. The van der Waals surface area contributed by atoms with Crippen LogP contribution in [0.25, 0.3) is 0 Å². The van der Waals surface area contributed by atoms with E-state index in [0.717, 1.165) is 17.1 Å². The molecule has 0 spiro atoms. The number of carbonyl (C=O) groups is 1. The van der Waals surface area contributed by atoms with Gasteiger partial charge in [-0.1, -0.05) is 56.3 Å². The molecule has 0 bridgehead atoms. The van der Waals surface area contributed by atoms with Crippen molar-refractivity contribution < 1.29 is 14.3 Å². The van der Waals surface area contributed by atoms with E-state index in [-0.39, 0.29) is 17.1 Å². The SMILES string of the molecule is COCCOc1ccc(CNC(=O)C(SCc2ccccc2)C(C)C)cc1. The van der Waals surface area contributed by atoms with Crippen LogP contribution in [0, 0.1) is 5.92 Å². The fraction of sp³-hybridized carbons (Fsp3) is 0.409. The van der Waals surface area contributed by atoms with Gasteiger partial charge in [-0.15, -0.1) is 11.8 Å². The number of methoxy groups -OCH3 is 1. The van der Waals surface area contributed by atoms with E-state index in [1.54, 1.807) is 18.9 Å². The summed E-state index contributed by atoms with van der Waals surface area (Å²) in [5.74, 6) is 2.01. The zero-order chi connectivity index (χ0) is 19.5. The topological polar surface area (TPSA) is 47.6 Å². The first-order valence-electron chi connectivity index (χ1n) is 9.24. The minimum atomic E-state index is -0.0677. The summed E-state index contributed by atoms with van der Waals surface area (Å²) in [5, 5.41) is 3.00. The van der Waals surface area contributed by atoms with E-state index in [1.165, 1.54) is 5.56 Å². The first-order valence-corrected chi connectivity index (χ1v) is 10.3. The molecule has 0 saturated carbocycles. The average molecular weight is 388 g/mol. The molecule has 0 aliphatic rings. The van der Waals surface area contributed by atoms with E-state index in [0.29, 0.717) is 19.8 Å². The van der Waals surface area contributed by atoms with Gasteiger partial charge in [-0.3, -0.25) is 4.79 Å². The van der Waals surface area contributed by atoms with Crippen LogP contribution in [0.3, 0.4) is 0 Å². The van der Waals surface area contributed by atoms with Gasteiger partial charge in [-0.05, 0) is 29.2 Å². The van der Waals surface area contributed by atoms with Crippen molar-refractivity contribution in [2.45, 2.75) is 31.4 Å². The van der Waals surface area contributed by atoms with Gasteiger partial charge in [0.25, 0.3) is 0 Å². The molecule has 1 atom stereocenters. The van der Waals surface area contributed by atoms with Crippen LogP contribution < -0.4 is 10.1 Å². The molecule has 2 aromatic carbocycles. The van der Waals surface area contributed by atoms with Gasteiger partial charge in [0.05, 0.1) is 11.9 Å². The Balaban J connectivity index is 1.82. The summed E-state index contributed by atoms with van der Waals surface area (Å²) in [7, 11) is 1.65. The predicted octanol–water partition coefficient (Wildman–Crippen LogP) is 4.29. The van der Waals surface area contributed by atoms with Crippen molar-refractivity contribution in [1.82, 2.24) is 5.32 Å². The van der Waals surface area contributed by atoms with Gasteiger partial charge in [0.15, 0.2) is 0 Å². The van der Waals surface area contributed by atoms with Crippen LogP contribution >= 0.6 is 11.8 Å². The molecule has 0 heterocycles. The molecule has 2 aromatic rings. The second kappa shape index (κ2) is 11.7. The third-order valence-electron chi connectivity index (χ3n) is 4.08. The maximum absolute atomic E-state index is 12.7. The van der Waals surface area contributed by atoms with Crippen LogP contribution in [-0.4, -0.2) is 31.5 Å². The highest BCUT2D eigenvalue weighted by molar-refractivity contribution is 7.99. The largest absolute Gasteiger partial charge is 0.491 e. The fourth-order valence-electron chi connectivity index (χ4n) is 2.57. The first kappa shape index (κ1) is 21.3. The van der Waals surface area contributed by atoms with Crippen LogP contribution in [0.4, 0.5) is 0 Å². The second-order valence-corrected chi connectivity index (χ2v) is 7.79. The Labute approximate surface area is 166 Å². The minimum Gasteiger partial charge on any atom is -0.491 e. The van der Waals surface area contributed by atoms with Gasteiger partial charge in [-0.25, -0.2) is 0 Å². The number of amides is 1. The Morgan fingerprint density at radius 3 is 2.33 bits per heavy atom. The van der Waals surface area contributed by atoms with E-state index in [4.69, 9.17) is 9.47 Å². The summed E-state index contributed by atoms with van der Waals surface area (Å²) in [4.78, 5) is 12.7. The number of benzene rings is 2. The molecule has 4 nitrogen and oxygen atoms in total. The highest BCUT2D eigenvalue weighted by Crippen LogP contribution is 2.24. The van der Waals surface area contributed by atoms with Crippen LogP contribution in [0.15, 0.2) is 54.6 Å². The molecule has 0 aromatic heterocycles. The molecular weight excluding hydrogens is 358 g/mol. The number of carbonyl (C=O) groups excluding carboxylic acids is 1. The third kappa shape index (κ3) is 7.65. The van der Waals surface area contributed by atoms with Gasteiger partial charge < -0.3 is 14.8 Å². The van der Waals surface area contributed by atoms with E-state index in [1.807, 2.05) is 42.5 Å². The fourth-order valence-corrected chi connectivity index (χ4v) is 3.75. The molecule has 146 valence electrons. The molecular formula is C22H29NO3S. The lowest BCUT2D eigenvalue weighted by Gasteiger charge is -2.20. The summed E-state index contributed by atoms with van der Waals surface area (Å²) in [6.45, 7) is 5.80. The first-order chi connectivity index (χ1) is 13.1. The molecule has 0 fully saturated rings. The molecule has 1 N–H and O–H groups in total. The number of hydrogen-bond acceptors (Lipinski definition) is 4. The standard InChI is InChI=1S/C22H29NO3S/c1-17(2)21(27-16-19-7-5-4-6-8-19)22(24)23-15-18-9-11-20(12-10-18)26-14-13-25-3/h4-12,17,21H,13-16H2,1-3H3,(H,23,24). The van der Waals surface area contributed by atoms with Crippen molar-refractivity contribution in [2.75, 3.05) is 20.3 Å². The van der Waals surface area contributed by atoms with E-state index in [2.05, 4.69) is 31.3 Å². The van der Waals surface area contributed by atoms with Gasteiger partial charge in [0.2, 0.25) is 5.91 Å². The van der Waals surface area contributed by atoms with Crippen molar-refractivity contribution in [3.63, 3.8) is 0 Å². The van der Waals surface area contributed by atoms with Gasteiger partial charge in [0.1, 0.15) is 12.4 Å². The summed E-state index contributed by atoms with van der Waals surface area (Å²) in [6.07, 6.45) is 0. The lowest BCUT2D eigenvalue weighted by atomic mass is 10.1. The molecule has 0 radical (unpaired) electrons. The minimum absolute atomic E-state index is 0.0677. The Morgan fingerprint density at radius 2 is 1.70 bits per heavy atom. The molecule has 0 aliphatic heterocycles. The summed E-state index contributed by atoms with van der Waals surface area (Å²) >= 11 is 1.70. The lowest BCUT2D eigenvalue weighted by Crippen LogP contribution is -2.35. The van der Waals surface area contributed by atoms with Crippen molar-refractivity contribution in [3.05, 3.63) is 65.7 Å². The quantitative estimate of drug-likeness (QED) is 0.585. The maximum atomic E-state index is 12.7. The molecule has 0 saturated heterocycles. The molecule has 5 heteroatoms. The van der Waals surface area contributed by atoms with Crippen molar-refractivity contribution in [2.24, 2.45) is 5.92 Å². The third-order valence-corrected chi connectivity index (χ3v) is 5.70. The second-order valence-electron chi connectivity index (χ2n) is 6.66. The number of rotatable bonds is 11. The Morgan fingerprint density at radius 1 is 1.00 bits per heavy atom. The van der Waals surface area contributed by atoms with E-state index < -0.39 is 0 Å². The van der Waals surface area contributed by atoms with Crippen LogP contribution in [0.5, 0.6) is 5.75 Å². The van der Waals surface area contributed by atoms with E-state index in [9.17, 15) is 4.79 Å². The van der Waals surface area contributed by atoms with Crippen LogP contribution in [-0.2, 0) is 21.8 Å². The lowest BCUT2D eigenvalue weighted by molar-refractivity contribution is -0.121. The van der Waals surface area contributed by atoms with Crippen LogP contribution in [0.2, 0.25) is 0 Å². The molecule has 1 amide bonds. The monoisotopic (exact) mass is 387 g/mol. The number of ether oxygens (including phenoxy) is 2. The van der Waals surface area contributed by atoms with Gasteiger partial charge >= 0.3 is 0 Å². The molecule has 2 rings (SSSR count). The Hall–Kier alpha value is -1.98. The summed E-state index contributed by atoms with van der Waals surface area (Å²) in [6, 6.07) is 18.0. The van der Waals surface area contributed by atoms with Crippen LogP contribution in [0.1, 0.15) is 25.0 Å². The van der Waals surface area contributed by atoms with Gasteiger partial charge in [-0.2, -0.15) is 0 Å². The normalized spacial score (nSPS) is 12.0. The van der Waals surface area contributed by atoms with E-state index >= 15 is 0 Å². The van der Waals surface area contributed by atoms with Crippen molar-refractivity contribution in [3.8, 4) is 5.75 Å². The highest BCUT2D eigenvalue weighted by atomic mass is 32.2. The summed E-state index contributed by atoms with van der Waals surface area (Å²) in [5.41, 5.74) is 2.29. The number of nitrogens with one attached hydrogen (secondary N) is 1. The zero-order valence-electron chi connectivity index (χ0n) is 16.3. The number of hydrogen-bond donors (Lipinski definition) is 1. The Bertz CT molecular complexity index is 674. The zero-order valence-corrected chi connectivity index (χ0v) is 17.1. The predicted molar refractivity (Wildman–Crippen MR) is 112 cm³/mol. The highest BCUT2D eigenvalue weighted by Gasteiger charge is 2.22. The van der Waals surface area contributed by atoms with Gasteiger partial charge in [0, 0.05) is 19.4 Å².